The van der Waals surface area contributed by atoms with Crippen LogP contribution in [0, 0.1) is 0 Å². The van der Waals surface area contributed by atoms with E-state index in [1.165, 1.54) is 11.3 Å². The summed E-state index contributed by atoms with van der Waals surface area (Å²) in [5.41, 5.74) is 6.06. The van der Waals surface area contributed by atoms with Gasteiger partial charge in [-0.1, -0.05) is 18.2 Å². The van der Waals surface area contributed by atoms with Gasteiger partial charge in [0.15, 0.2) is 0 Å². The molecule has 0 saturated heterocycles. The summed E-state index contributed by atoms with van der Waals surface area (Å²) in [5.74, 6) is -0.204. The molecule has 0 radical (unpaired) electrons. The van der Waals surface area contributed by atoms with Crippen LogP contribution in [-0.2, 0) is 0 Å². The van der Waals surface area contributed by atoms with Crippen molar-refractivity contribution in [1.29, 1.82) is 0 Å². The van der Waals surface area contributed by atoms with E-state index in [1.54, 1.807) is 24.3 Å². The summed E-state index contributed by atoms with van der Waals surface area (Å²) >= 11 is 1.21. The van der Waals surface area contributed by atoms with Crippen molar-refractivity contribution in [1.82, 2.24) is 5.32 Å². The van der Waals surface area contributed by atoms with Crippen molar-refractivity contribution < 1.29 is 9.59 Å². The molecular weight excluding hydrogens is 312 g/mol. The first-order valence-corrected chi connectivity index (χ1v) is 7.95. The Bertz CT molecular complexity index is 677. The summed E-state index contributed by atoms with van der Waals surface area (Å²) in [5, 5.41) is 8.77. The average Bonchev–Trinajstić information content (AvgIpc) is 2.93. The average molecular weight is 332 g/mol. The smallest absolute Gasteiger partial charge is 0.324 e. The normalized spacial score (nSPS) is 10.9. The molecule has 2 aromatic rings. The fraction of sp³-hybridized carbons (Fsp3) is 0.250. The minimum atomic E-state index is -0.469. The fourth-order valence-electron chi connectivity index (χ4n) is 1.72. The first kappa shape index (κ1) is 17.0. The third-order valence-corrected chi connectivity index (χ3v) is 3.80. The Morgan fingerprint density at radius 2 is 1.78 bits per heavy atom. The maximum Gasteiger partial charge on any atom is 0.324 e. The summed E-state index contributed by atoms with van der Waals surface area (Å²) < 4.78 is 0. The van der Waals surface area contributed by atoms with Gasteiger partial charge in [-0.15, -0.1) is 11.3 Å². The number of benzene rings is 1. The Hall–Kier alpha value is -2.38. The van der Waals surface area contributed by atoms with Gasteiger partial charge in [0.25, 0.3) is 5.91 Å². The molecule has 0 aliphatic rings. The summed E-state index contributed by atoms with van der Waals surface area (Å²) in [6.45, 7) is 4.05. The van der Waals surface area contributed by atoms with Crippen LogP contribution in [0.3, 0.4) is 0 Å². The Kier molecular flexibility index (Phi) is 5.36. The molecular formula is C16H20N4O2S. The number of carbonyl (C=O) groups is 2. The molecule has 0 aliphatic carbocycles. The van der Waals surface area contributed by atoms with Crippen LogP contribution < -0.4 is 21.7 Å². The predicted octanol–water partition coefficient (Wildman–Crippen LogP) is 2.86. The maximum absolute atomic E-state index is 12.0. The first-order chi connectivity index (χ1) is 10.8. The second-order valence-electron chi connectivity index (χ2n) is 5.78. The van der Waals surface area contributed by atoms with Crippen LogP contribution in [0.4, 0.5) is 15.5 Å². The van der Waals surface area contributed by atoms with E-state index >= 15 is 0 Å². The fourth-order valence-corrected chi connectivity index (χ4v) is 2.54. The number of amides is 3. The first-order valence-electron chi connectivity index (χ1n) is 7.13. The van der Waals surface area contributed by atoms with Gasteiger partial charge in [0.1, 0.15) is 0 Å². The summed E-state index contributed by atoms with van der Waals surface area (Å²) in [4.78, 5) is 24.4. The van der Waals surface area contributed by atoms with Crippen LogP contribution in [0.1, 0.15) is 23.5 Å². The van der Waals surface area contributed by atoms with Gasteiger partial charge in [-0.25, -0.2) is 4.79 Å². The molecule has 0 aliphatic heterocycles. The molecule has 23 heavy (non-hydrogen) atoms. The van der Waals surface area contributed by atoms with E-state index in [0.717, 1.165) is 0 Å². The van der Waals surface area contributed by atoms with Crippen LogP contribution in [-0.4, -0.2) is 24.0 Å². The number of carbonyl (C=O) groups excluding carboxylic acids is 2. The molecule has 0 saturated carbocycles. The van der Waals surface area contributed by atoms with Crippen molar-refractivity contribution in [2.45, 2.75) is 19.4 Å². The van der Waals surface area contributed by atoms with E-state index in [9.17, 15) is 9.59 Å². The zero-order valence-corrected chi connectivity index (χ0v) is 13.9. The van der Waals surface area contributed by atoms with Crippen LogP contribution in [0.15, 0.2) is 42.5 Å². The highest BCUT2D eigenvalue weighted by molar-refractivity contribution is 7.18. The summed E-state index contributed by atoms with van der Waals surface area (Å²) in [6, 6.07) is 12.1. The molecule has 1 aromatic carbocycles. The van der Waals surface area contributed by atoms with Gasteiger partial charge in [-0.2, -0.15) is 0 Å². The van der Waals surface area contributed by atoms with Gasteiger partial charge in [0, 0.05) is 17.8 Å². The highest BCUT2D eigenvalue weighted by Gasteiger charge is 2.15. The van der Waals surface area contributed by atoms with Crippen LogP contribution in [0.2, 0.25) is 0 Å². The van der Waals surface area contributed by atoms with Crippen LogP contribution >= 0.6 is 11.3 Å². The third kappa shape index (κ3) is 5.72. The Morgan fingerprint density at radius 3 is 2.43 bits per heavy atom. The number of anilines is 2. The molecule has 0 bridgehead atoms. The van der Waals surface area contributed by atoms with E-state index in [1.807, 2.05) is 32.0 Å². The number of hydrogen-bond donors (Lipinski definition) is 4. The van der Waals surface area contributed by atoms with Crippen LogP contribution in [0.25, 0.3) is 0 Å². The van der Waals surface area contributed by atoms with E-state index in [-0.39, 0.29) is 11.9 Å². The second kappa shape index (κ2) is 7.26. The number of nitrogens with two attached hydrogens (primary N) is 1. The van der Waals surface area contributed by atoms with E-state index in [0.29, 0.717) is 22.1 Å². The number of rotatable bonds is 5. The molecule has 5 N–H and O–H groups in total. The number of urea groups is 1. The molecule has 6 nitrogen and oxygen atoms in total. The molecule has 0 atom stereocenters. The predicted molar refractivity (Wildman–Crippen MR) is 94.0 cm³/mol. The van der Waals surface area contributed by atoms with E-state index in [2.05, 4.69) is 16.0 Å². The number of para-hydroxylation sites is 1. The third-order valence-electron chi connectivity index (χ3n) is 2.80. The molecule has 2 rings (SSSR count). The van der Waals surface area contributed by atoms with E-state index < -0.39 is 5.54 Å². The van der Waals surface area contributed by atoms with Gasteiger partial charge in [0.2, 0.25) is 0 Å². The minimum absolute atomic E-state index is 0.204. The van der Waals surface area contributed by atoms with Crippen molar-refractivity contribution in [2.24, 2.45) is 5.73 Å². The van der Waals surface area contributed by atoms with Crippen molar-refractivity contribution in [3.05, 3.63) is 47.3 Å². The largest absolute Gasteiger partial charge is 0.350 e. The zero-order chi connectivity index (χ0) is 16.9. The molecule has 7 heteroatoms. The molecule has 0 spiro atoms. The molecule has 0 unspecified atom stereocenters. The van der Waals surface area contributed by atoms with Gasteiger partial charge < -0.3 is 16.4 Å². The monoisotopic (exact) mass is 332 g/mol. The second-order valence-corrected chi connectivity index (χ2v) is 6.86. The van der Waals surface area contributed by atoms with Gasteiger partial charge >= 0.3 is 6.03 Å². The minimum Gasteiger partial charge on any atom is -0.350 e. The number of thiophene rings is 1. The topological polar surface area (TPSA) is 96.2 Å². The SMILES string of the molecule is CC(C)(N)CNC(=O)c1ccc(NC(=O)Nc2ccccc2)s1. The Labute approximate surface area is 139 Å². The quantitative estimate of drug-likeness (QED) is 0.678. The molecule has 1 heterocycles. The van der Waals surface area contributed by atoms with Crippen molar-refractivity contribution in [2.75, 3.05) is 17.2 Å². The lowest BCUT2D eigenvalue weighted by molar-refractivity contribution is 0.0950. The number of nitrogens with one attached hydrogen (secondary N) is 3. The van der Waals surface area contributed by atoms with Gasteiger partial charge in [-0.3, -0.25) is 10.1 Å². The summed E-state index contributed by atoms with van der Waals surface area (Å²) in [6.07, 6.45) is 0. The van der Waals surface area contributed by atoms with Crippen LogP contribution in [0.5, 0.6) is 0 Å². The van der Waals surface area contributed by atoms with Gasteiger partial charge in [0.05, 0.1) is 9.88 Å². The lowest BCUT2D eigenvalue weighted by Crippen LogP contribution is -2.44. The van der Waals surface area contributed by atoms with Crippen molar-refractivity contribution in [3.8, 4) is 0 Å². The molecule has 1 aromatic heterocycles. The highest BCUT2D eigenvalue weighted by Crippen LogP contribution is 2.22. The van der Waals surface area contributed by atoms with Gasteiger partial charge in [-0.05, 0) is 38.1 Å². The number of hydrogen-bond acceptors (Lipinski definition) is 4. The lowest BCUT2D eigenvalue weighted by atomic mass is 10.1. The Balaban J connectivity index is 1.89. The summed E-state index contributed by atoms with van der Waals surface area (Å²) in [7, 11) is 0. The highest BCUT2D eigenvalue weighted by atomic mass is 32.1. The maximum atomic E-state index is 12.0. The molecule has 0 fully saturated rings. The molecule has 3 amide bonds. The lowest BCUT2D eigenvalue weighted by Gasteiger charge is -2.18. The standard InChI is InChI=1S/C16H20N4O2S/c1-16(2,17)10-18-14(21)12-8-9-13(23-12)20-15(22)19-11-6-4-3-5-7-11/h3-9H,10,17H2,1-2H3,(H,18,21)(H2,19,20,22). The van der Waals surface area contributed by atoms with Crippen molar-refractivity contribution >= 4 is 34.0 Å². The van der Waals surface area contributed by atoms with E-state index in [4.69, 9.17) is 5.73 Å². The zero-order valence-electron chi connectivity index (χ0n) is 13.1. The Morgan fingerprint density at radius 1 is 1.09 bits per heavy atom. The molecule has 122 valence electrons. The van der Waals surface area contributed by atoms with Crippen molar-refractivity contribution in [3.63, 3.8) is 0 Å².